The molecular weight excluding hydrogens is 312 g/mol. The summed E-state index contributed by atoms with van der Waals surface area (Å²) in [5.74, 6) is 0.552. The number of fused-ring (bicyclic) bond motifs is 1. The van der Waals surface area contributed by atoms with Gasteiger partial charge in [-0.3, -0.25) is 0 Å². The van der Waals surface area contributed by atoms with E-state index in [9.17, 15) is 10.2 Å². The van der Waals surface area contributed by atoms with Gasteiger partial charge in [0, 0.05) is 13.1 Å². The van der Waals surface area contributed by atoms with Crippen LogP contribution in [0.1, 0.15) is 11.1 Å². The molecule has 120 valence electrons. The molecule has 1 heterocycles. The summed E-state index contributed by atoms with van der Waals surface area (Å²) in [6.07, 6.45) is 0.761. The Morgan fingerprint density at radius 2 is 1.87 bits per heavy atom. The number of thiocarbonyl (C=S) groups is 1. The number of anilines is 1. The molecule has 5 nitrogen and oxygen atoms in total. The van der Waals surface area contributed by atoms with Crippen LogP contribution in [0.25, 0.3) is 0 Å². The first-order valence-electron chi connectivity index (χ1n) is 7.31. The Hall–Kier alpha value is -2.47. The number of hydrogen-bond acceptors (Lipinski definition) is 4. The Kier molecular flexibility index (Phi) is 4.25. The summed E-state index contributed by atoms with van der Waals surface area (Å²) in [4.78, 5) is 2.03. The molecule has 0 atom stereocenters. The SMILES string of the molecule is COc1ccccc1NC(=S)N1CCc2cc(O)c(O)cc2C1. The summed E-state index contributed by atoms with van der Waals surface area (Å²) in [7, 11) is 1.62. The molecule has 23 heavy (non-hydrogen) atoms. The van der Waals surface area contributed by atoms with Gasteiger partial charge in [0.2, 0.25) is 0 Å². The summed E-state index contributed by atoms with van der Waals surface area (Å²) in [6, 6.07) is 10.8. The molecule has 0 saturated carbocycles. The average Bonchev–Trinajstić information content (AvgIpc) is 2.56. The average molecular weight is 330 g/mol. The van der Waals surface area contributed by atoms with Crippen LogP contribution in [-0.2, 0) is 13.0 Å². The molecule has 6 heteroatoms. The zero-order valence-electron chi connectivity index (χ0n) is 12.7. The van der Waals surface area contributed by atoms with Crippen LogP contribution in [0.3, 0.4) is 0 Å². The lowest BCUT2D eigenvalue weighted by Crippen LogP contribution is -2.38. The number of para-hydroxylation sites is 2. The number of rotatable bonds is 2. The van der Waals surface area contributed by atoms with Crippen LogP contribution in [0.5, 0.6) is 17.2 Å². The van der Waals surface area contributed by atoms with Crippen LogP contribution in [0.15, 0.2) is 36.4 Å². The number of nitrogens with one attached hydrogen (secondary N) is 1. The van der Waals surface area contributed by atoms with Gasteiger partial charge in [0.05, 0.1) is 12.8 Å². The molecule has 0 bridgehead atoms. The topological polar surface area (TPSA) is 65.0 Å². The van der Waals surface area contributed by atoms with E-state index in [2.05, 4.69) is 5.32 Å². The molecule has 2 aromatic carbocycles. The van der Waals surface area contributed by atoms with Gasteiger partial charge in [-0.25, -0.2) is 0 Å². The normalized spacial score (nSPS) is 13.3. The van der Waals surface area contributed by atoms with Gasteiger partial charge >= 0.3 is 0 Å². The molecule has 1 aliphatic rings. The number of phenols is 2. The smallest absolute Gasteiger partial charge is 0.173 e. The largest absolute Gasteiger partial charge is 0.504 e. The first-order chi connectivity index (χ1) is 11.1. The van der Waals surface area contributed by atoms with E-state index in [4.69, 9.17) is 17.0 Å². The molecule has 0 aliphatic carbocycles. The summed E-state index contributed by atoms with van der Waals surface area (Å²) in [5, 5.41) is 23.1. The third-order valence-corrected chi connectivity index (χ3v) is 4.31. The minimum atomic E-state index is -0.103. The third kappa shape index (κ3) is 3.17. The van der Waals surface area contributed by atoms with E-state index in [1.165, 1.54) is 0 Å². The van der Waals surface area contributed by atoms with Crippen molar-refractivity contribution in [3.63, 3.8) is 0 Å². The van der Waals surface area contributed by atoms with Crippen molar-refractivity contribution in [2.24, 2.45) is 0 Å². The second kappa shape index (κ2) is 6.34. The molecular formula is C17H18N2O3S. The number of phenolic OH excluding ortho intramolecular Hbond substituents is 2. The number of benzene rings is 2. The highest BCUT2D eigenvalue weighted by atomic mass is 32.1. The van der Waals surface area contributed by atoms with E-state index in [0.717, 1.165) is 35.5 Å². The minimum Gasteiger partial charge on any atom is -0.504 e. The molecule has 0 spiro atoms. The molecule has 0 saturated heterocycles. The van der Waals surface area contributed by atoms with Crippen molar-refractivity contribution in [3.8, 4) is 17.2 Å². The molecule has 0 amide bonds. The molecule has 0 unspecified atom stereocenters. The highest BCUT2D eigenvalue weighted by Gasteiger charge is 2.20. The molecule has 3 N–H and O–H groups in total. The van der Waals surface area contributed by atoms with Gasteiger partial charge in [-0.15, -0.1) is 0 Å². The lowest BCUT2D eigenvalue weighted by molar-refractivity contribution is 0.381. The summed E-state index contributed by atoms with van der Waals surface area (Å²) < 4.78 is 5.32. The quantitative estimate of drug-likeness (QED) is 0.581. The van der Waals surface area contributed by atoms with Gasteiger partial charge in [0.25, 0.3) is 0 Å². The Morgan fingerprint density at radius 3 is 2.61 bits per heavy atom. The summed E-state index contributed by atoms with van der Waals surface area (Å²) >= 11 is 5.50. The fourth-order valence-corrected chi connectivity index (χ4v) is 2.96. The van der Waals surface area contributed by atoms with E-state index in [1.54, 1.807) is 19.2 Å². The highest BCUT2D eigenvalue weighted by Crippen LogP contribution is 2.32. The van der Waals surface area contributed by atoms with Crippen molar-refractivity contribution in [2.75, 3.05) is 19.0 Å². The van der Waals surface area contributed by atoms with Gasteiger partial charge in [0.1, 0.15) is 5.75 Å². The zero-order valence-corrected chi connectivity index (χ0v) is 13.6. The van der Waals surface area contributed by atoms with E-state index in [-0.39, 0.29) is 11.5 Å². The van der Waals surface area contributed by atoms with Crippen LogP contribution >= 0.6 is 12.2 Å². The predicted octanol–water partition coefficient (Wildman–Crippen LogP) is 2.86. The first-order valence-corrected chi connectivity index (χ1v) is 7.72. The maximum Gasteiger partial charge on any atom is 0.173 e. The van der Waals surface area contributed by atoms with Crippen molar-refractivity contribution in [1.29, 1.82) is 0 Å². The second-order valence-electron chi connectivity index (χ2n) is 5.41. The van der Waals surface area contributed by atoms with Crippen molar-refractivity contribution in [2.45, 2.75) is 13.0 Å². The molecule has 3 rings (SSSR count). The van der Waals surface area contributed by atoms with Gasteiger partial charge in [-0.1, -0.05) is 12.1 Å². The van der Waals surface area contributed by atoms with E-state index in [0.29, 0.717) is 11.7 Å². The van der Waals surface area contributed by atoms with Gasteiger partial charge < -0.3 is 25.2 Å². The maximum atomic E-state index is 9.67. The monoisotopic (exact) mass is 330 g/mol. The van der Waals surface area contributed by atoms with Crippen LogP contribution in [0.2, 0.25) is 0 Å². The van der Waals surface area contributed by atoms with Crippen molar-refractivity contribution < 1.29 is 14.9 Å². The van der Waals surface area contributed by atoms with Gasteiger partial charge in [-0.05, 0) is 54.0 Å². The fraction of sp³-hybridized carbons (Fsp3) is 0.235. The second-order valence-corrected chi connectivity index (χ2v) is 5.80. The molecule has 0 radical (unpaired) electrons. The summed E-state index contributed by atoms with van der Waals surface area (Å²) in [6.45, 7) is 1.34. The van der Waals surface area contributed by atoms with Crippen molar-refractivity contribution >= 4 is 23.0 Å². The van der Waals surface area contributed by atoms with Crippen molar-refractivity contribution in [3.05, 3.63) is 47.5 Å². The number of hydrogen-bond donors (Lipinski definition) is 3. The Labute approximate surface area is 140 Å². The van der Waals surface area contributed by atoms with Crippen molar-refractivity contribution in [1.82, 2.24) is 4.90 Å². The Bertz CT molecular complexity index is 749. The number of nitrogens with zero attached hydrogens (tertiary/aromatic N) is 1. The van der Waals surface area contributed by atoms with Crippen LogP contribution in [-0.4, -0.2) is 33.9 Å². The third-order valence-electron chi connectivity index (χ3n) is 3.94. The Balaban J connectivity index is 1.75. The fourth-order valence-electron chi connectivity index (χ4n) is 2.70. The van der Waals surface area contributed by atoms with E-state index < -0.39 is 0 Å². The lowest BCUT2D eigenvalue weighted by Gasteiger charge is -2.31. The highest BCUT2D eigenvalue weighted by molar-refractivity contribution is 7.80. The van der Waals surface area contributed by atoms with Gasteiger partial charge in [-0.2, -0.15) is 0 Å². The van der Waals surface area contributed by atoms with Crippen LogP contribution < -0.4 is 10.1 Å². The standard InChI is InChI=1S/C17H18N2O3S/c1-22-16-5-3-2-4-13(16)18-17(23)19-7-6-11-8-14(20)15(21)9-12(11)10-19/h2-5,8-9,20-21H,6-7,10H2,1H3,(H,18,23). The van der Waals surface area contributed by atoms with Crippen LogP contribution in [0, 0.1) is 0 Å². The minimum absolute atomic E-state index is 0.0769. The molecule has 1 aliphatic heterocycles. The number of ether oxygens (including phenoxy) is 1. The number of aromatic hydroxyl groups is 2. The lowest BCUT2D eigenvalue weighted by atomic mass is 9.99. The van der Waals surface area contributed by atoms with Gasteiger partial charge in [0.15, 0.2) is 16.6 Å². The molecule has 0 aromatic heterocycles. The first kappa shape index (κ1) is 15.4. The summed E-state index contributed by atoms with van der Waals surface area (Å²) in [5.41, 5.74) is 2.83. The molecule has 2 aromatic rings. The Morgan fingerprint density at radius 1 is 1.17 bits per heavy atom. The maximum absolute atomic E-state index is 9.67. The van der Waals surface area contributed by atoms with E-state index >= 15 is 0 Å². The molecule has 0 fully saturated rings. The number of methoxy groups -OCH3 is 1. The predicted molar refractivity (Wildman–Crippen MR) is 93.1 cm³/mol. The zero-order chi connectivity index (χ0) is 16.4. The van der Waals surface area contributed by atoms with E-state index in [1.807, 2.05) is 29.2 Å². The van der Waals surface area contributed by atoms with Crippen LogP contribution in [0.4, 0.5) is 5.69 Å².